The number of benzene rings is 2. The largest absolute Gasteiger partial charge is 0.496 e. The number of imidazole rings is 1. The quantitative estimate of drug-likeness (QED) is 0.171. The Bertz CT molecular complexity index is 921. The lowest BCUT2D eigenvalue weighted by Crippen LogP contribution is -2.38. The molecule has 0 unspecified atom stereocenters. The number of nitrogens with one attached hydrogen (secondary N) is 3. The van der Waals surface area contributed by atoms with Gasteiger partial charge in [0.15, 0.2) is 5.96 Å². The summed E-state index contributed by atoms with van der Waals surface area (Å²) >= 11 is 0. The van der Waals surface area contributed by atoms with Crippen molar-refractivity contribution in [3.05, 3.63) is 59.4 Å². The van der Waals surface area contributed by atoms with Crippen LogP contribution in [0.4, 0.5) is 0 Å². The van der Waals surface area contributed by atoms with Gasteiger partial charge in [-0.05, 0) is 50.5 Å². The molecule has 0 fully saturated rings. The maximum atomic E-state index is 5.47. The molecule has 1 heterocycles. The number of nitrogens with zero attached hydrogens (tertiary/aromatic N) is 2. The van der Waals surface area contributed by atoms with Crippen molar-refractivity contribution < 1.29 is 4.74 Å². The fourth-order valence-corrected chi connectivity index (χ4v) is 3.32. The second kappa shape index (κ2) is 12.4. The van der Waals surface area contributed by atoms with Gasteiger partial charge in [-0.25, -0.2) is 4.98 Å². The number of aromatic amines is 1. The van der Waals surface area contributed by atoms with Gasteiger partial charge in [-0.1, -0.05) is 29.8 Å². The molecule has 0 aliphatic rings. The Kier molecular flexibility index (Phi) is 9.93. The number of H-pyrrole nitrogens is 1. The van der Waals surface area contributed by atoms with Crippen LogP contribution in [0.3, 0.4) is 0 Å². The first-order chi connectivity index (χ1) is 14.2. The fraction of sp³-hybridized carbons (Fsp3) is 0.391. The van der Waals surface area contributed by atoms with Crippen LogP contribution in [0.1, 0.15) is 30.3 Å². The maximum Gasteiger partial charge on any atom is 0.191 e. The zero-order chi connectivity index (χ0) is 20.5. The van der Waals surface area contributed by atoms with E-state index in [1.54, 1.807) is 7.11 Å². The van der Waals surface area contributed by atoms with Gasteiger partial charge in [0.2, 0.25) is 0 Å². The van der Waals surface area contributed by atoms with Crippen LogP contribution in [0, 0.1) is 6.92 Å². The summed E-state index contributed by atoms with van der Waals surface area (Å²) in [5.41, 5.74) is 4.56. The summed E-state index contributed by atoms with van der Waals surface area (Å²) in [7, 11) is 1.72. The first-order valence-corrected chi connectivity index (χ1v) is 10.3. The van der Waals surface area contributed by atoms with Crippen LogP contribution in [0.25, 0.3) is 11.0 Å². The number of rotatable bonds is 9. The van der Waals surface area contributed by atoms with Gasteiger partial charge < -0.3 is 20.4 Å². The smallest absolute Gasteiger partial charge is 0.191 e. The van der Waals surface area contributed by atoms with Crippen LogP contribution in [-0.4, -0.2) is 42.7 Å². The number of hydrogen-bond acceptors (Lipinski definition) is 3. The zero-order valence-electron chi connectivity index (χ0n) is 18.0. The molecular formula is C23H32IN5O. The van der Waals surface area contributed by atoms with Crippen LogP contribution in [-0.2, 0) is 12.8 Å². The molecule has 3 aromatic rings. The molecule has 162 valence electrons. The number of aromatic nitrogens is 2. The van der Waals surface area contributed by atoms with Crippen molar-refractivity contribution in [2.24, 2.45) is 4.99 Å². The van der Waals surface area contributed by atoms with Crippen LogP contribution in [0.2, 0.25) is 0 Å². The molecule has 6 nitrogen and oxygen atoms in total. The summed E-state index contributed by atoms with van der Waals surface area (Å²) in [6, 6.07) is 14.4. The molecular weight excluding hydrogens is 489 g/mol. The number of aryl methyl sites for hydroxylation is 2. The van der Waals surface area contributed by atoms with Crippen molar-refractivity contribution >= 4 is 41.0 Å². The van der Waals surface area contributed by atoms with Gasteiger partial charge in [-0.3, -0.25) is 4.99 Å². The van der Waals surface area contributed by atoms with Gasteiger partial charge in [-0.2, -0.15) is 0 Å². The molecule has 2 aromatic carbocycles. The number of methoxy groups -OCH3 is 1. The highest BCUT2D eigenvalue weighted by atomic mass is 127. The van der Waals surface area contributed by atoms with Crippen LogP contribution in [0.15, 0.2) is 47.5 Å². The minimum absolute atomic E-state index is 0. The van der Waals surface area contributed by atoms with Crippen molar-refractivity contribution in [1.82, 2.24) is 20.6 Å². The minimum atomic E-state index is 0. The highest BCUT2D eigenvalue weighted by Crippen LogP contribution is 2.19. The van der Waals surface area contributed by atoms with Crippen molar-refractivity contribution in [1.29, 1.82) is 0 Å². The molecule has 0 amide bonds. The van der Waals surface area contributed by atoms with E-state index in [-0.39, 0.29) is 24.0 Å². The third-order valence-corrected chi connectivity index (χ3v) is 4.75. The van der Waals surface area contributed by atoms with Crippen LogP contribution < -0.4 is 15.4 Å². The van der Waals surface area contributed by atoms with E-state index in [4.69, 9.17) is 9.73 Å². The Labute approximate surface area is 196 Å². The van der Waals surface area contributed by atoms with E-state index in [2.05, 4.69) is 52.6 Å². The van der Waals surface area contributed by atoms with Gasteiger partial charge in [0.25, 0.3) is 0 Å². The first-order valence-electron chi connectivity index (χ1n) is 10.3. The molecule has 0 atom stereocenters. The molecule has 7 heteroatoms. The standard InChI is InChI=1S/C23H31N5O.HI/c1-4-24-23(26-15-13-18-16-17(2)11-12-21(18)29-3)25-14-7-10-22-27-19-8-5-6-9-20(19)28-22;/h5-6,8-9,11-12,16H,4,7,10,13-15H2,1-3H3,(H,27,28)(H2,24,25,26);1H. The molecule has 0 spiro atoms. The first kappa shape index (κ1) is 24.0. The summed E-state index contributed by atoms with van der Waals surface area (Å²) < 4.78 is 5.47. The van der Waals surface area contributed by atoms with E-state index in [0.29, 0.717) is 0 Å². The molecule has 3 N–H and O–H groups in total. The second-order valence-electron chi connectivity index (χ2n) is 7.06. The van der Waals surface area contributed by atoms with Gasteiger partial charge in [0.1, 0.15) is 11.6 Å². The van der Waals surface area contributed by atoms with E-state index in [0.717, 1.165) is 67.5 Å². The molecule has 0 saturated heterocycles. The molecule has 0 aliphatic heterocycles. The summed E-state index contributed by atoms with van der Waals surface area (Å²) in [4.78, 5) is 12.7. The molecule has 30 heavy (non-hydrogen) atoms. The van der Waals surface area contributed by atoms with Crippen molar-refractivity contribution in [3.8, 4) is 5.75 Å². The van der Waals surface area contributed by atoms with Gasteiger partial charge >= 0.3 is 0 Å². The number of aliphatic imine (C=N–C) groups is 1. The number of hydrogen-bond donors (Lipinski definition) is 3. The Balaban J connectivity index is 0.00000320. The molecule has 3 rings (SSSR count). The number of fused-ring (bicyclic) bond motifs is 1. The van der Waals surface area contributed by atoms with E-state index >= 15 is 0 Å². The number of ether oxygens (including phenoxy) is 1. The molecule has 0 bridgehead atoms. The minimum Gasteiger partial charge on any atom is -0.496 e. The third kappa shape index (κ3) is 6.90. The fourth-order valence-electron chi connectivity index (χ4n) is 3.32. The summed E-state index contributed by atoms with van der Waals surface area (Å²) in [6.45, 7) is 6.57. The highest BCUT2D eigenvalue weighted by Gasteiger charge is 2.05. The Morgan fingerprint density at radius 2 is 1.97 bits per heavy atom. The SMILES string of the molecule is CCNC(=NCCCc1nc2ccccc2[nH]1)NCCc1cc(C)ccc1OC.I. The molecule has 0 saturated carbocycles. The number of para-hydroxylation sites is 2. The third-order valence-electron chi connectivity index (χ3n) is 4.75. The molecule has 0 radical (unpaired) electrons. The highest BCUT2D eigenvalue weighted by molar-refractivity contribution is 14.0. The van der Waals surface area contributed by atoms with Gasteiger partial charge in [-0.15, -0.1) is 24.0 Å². The predicted octanol–water partition coefficient (Wildman–Crippen LogP) is 4.23. The Morgan fingerprint density at radius 3 is 2.73 bits per heavy atom. The Hall–Kier alpha value is -2.29. The van der Waals surface area contributed by atoms with E-state index < -0.39 is 0 Å². The lowest BCUT2D eigenvalue weighted by molar-refractivity contribution is 0.409. The average molecular weight is 521 g/mol. The summed E-state index contributed by atoms with van der Waals surface area (Å²) in [5.74, 6) is 2.81. The number of halogens is 1. The maximum absolute atomic E-state index is 5.47. The monoisotopic (exact) mass is 521 g/mol. The topological polar surface area (TPSA) is 74.3 Å². The Morgan fingerprint density at radius 1 is 1.13 bits per heavy atom. The average Bonchev–Trinajstić information content (AvgIpc) is 3.14. The van der Waals surface area contributed by atoms with Gasteiger partial charge in [0, 0.05) is 26.1 Å². The lowest BCUT2D eigenvalue weighted by atomic mass is 10.1. The van der Waals surface area contributed by atoms with Gasteiger partial charge in [0.05, 0.1) is 18.1 Å². The lowest BCUT2D eigenvalue weighted by Gasteiger charge is -2.13. The number of guanidine groups is 1. The molecule has 0 aliphatic carbocycles. The van der Waals surface area contributed by atoms with E-state index in [1.807, 2.05) is 24.3 Å². The second-order valence-corrected chi connectivity index (χ2v) is 7.06. The van der Waals surface area contributed by atoms with Crippen LogP contribution in [0.5, 0.6) is 5.75 Å². The van der Waals surface area contributed by atoms with E-state index in [1.165, 1.54) is 11.1 Å². The van der Waals surface area contributed by atoms with Crippen LogP contribution >= 0.6 is 24.0 Å². The normalized spacial score (nSPS) is 11.2. The summed E-state index contributed by atoms with van der Waals surface area (Å²) in [5, 5.41) is 6.73. The van der Waals surface area contributed by atoms with Crippen molar-refractivity contribution in [2.45, 2.75) is 33.1 Å². The van der Waals surface area contributed by atoms with Crippen molar-refractivity contribution in [2.75, 3.05) is 26.7 Å². The predicted molar refractivity (Wildman–Crippen MR) is 135 cm³/mol. The van der Waals surface area contributed by atoms with E-state index in [9.17, 15) is 0 Å². The van der Waals surface area contributed by atoms with Crippen molar-refractivity contribution in [3.63, 3.8) is 0 Å². The zero-order valence-corrected chi connectivity index (χ0v) is 20.3. The molecule has 1 aromatic heterocycles. The summed E-state index contributed by atoms with van der Waals surface area (Å²) in [6.07, 6.45) is 2.72.